The number of aromatic nitrogens is 3. The third-order valence-electron chi connectivity index (χ3n) is 4.64. The molecule has 6 nitrogen and oxygen atoms in total. The highest BCUT2D eigenvalue weighted by molar-refractivity contribution is 6.31. The minimum Gasteiger partial charge on any atom is -0.457 e. The molecule has 0 unspecified atom stereocenters. The molecule has 3 aromatic rings. The van der Waals surface area contributed by atoms with Gasteiger partial charge in [0, 0.05) is 22.4 Å². The van der Waals surface area contributed by atoms with Crippen LogP contribution in [0.3, 0.4) is 0 Å². The molecule has 0 bridgehead atoms. The number of esters is 1. The number of carbonyl (C=O) groups excluding carboxylic acids is 1. The van der Waals surface area contributed by atoms with Crippen molar-refractivity contribution in [1.29, 1.82) is 0 Å². The van der Waals surface area contributed by atoms with E-state index >= 15 is 0 Å². The molecule has 0 aliphatic heterocycles. The van der Waals surface area contributed by atoms with Gasteiger partial charge in [0.2, 0.25) is 0 Å². The first-order valence-corrected chi connectivity index (χ1v) is 9.28. The van der Waals surface area contributed by atoms with E-state index in [1.807, 2.05) is 49.7 Å². The summed E-state index contributed by atoms with van der Waals surface area (Å²) in [6, 6.07) is 7.68. The summed E-state index contributed by atoms with van der Waals surface area (Å²) < 4.78 is 12.2. The largest absolute Gasteiger partial charge is 0.457 e. The molecule has 0 amide bonds. The van der Waals surface area contributed by atoms with E-state index in [1.54, 1.807) is 13.0 Å². The Morgan fingerprint density at radius 2 is 1.96 bits per heavy atom. The molecule has 0 radical (unpaired) electrons. The van der Waals surface area contributed by atoms with Gasteiger partial charge in [0.1, 0.15) is 12.4 Å². The van der Waals surface area contributed by atoms with Gasteiger partial charge in [0.25, 0.3) is 0 Å². The van der Waals surface area contributed by atoms with Gasteiger partial charge in [-0.2, -0.15) is 5.10 Å². The molecular weight excluding hydrogens is 378 g/mol. The average Bonchev–Trinajstić information content (AvgIpc) is 3.12. The normalized spacial score (nSPS) is 11.3. The summed E-state index contributed by atoms with van der Waals surface area (Å²) >= 11 is 6.25. The zero-order valence-electron chi connectivity index (χ0n) is 16.3. The van der Waals surface area contributed by atoms with Crippen molar-refractivity contribution in [2.75, 3.05) is 0 Å². The van der Waals surface area contributed by atoms with Gasteiger partial charge in [0.05, 0.1) is 23.5 Å². The average molecular weight is 400 g/mol. The maximum absolute atomic E-state index is 12.1. The predicted molar refractivity (Wildman–Crippen MR) is 107 cm³/mol. The van der Waals surface area contributed by atoms with E-state index in [4.69, 9.17) is 20.9 Å². The van der Waals surface area contributed by atoms with Crippen LogP contribution in [0, 0.1) is 27.7 Å². The van der Waals surface area contributed by atoms with Gasteiger partial charge in [-0.15, -0.1) is 0 Å². The van der Waals surface area contributed by atoms with Gasteiger partial charge in [-0.05, 0) is 45.4 Å². The lowest BCUT2D eigenvalue weighted by Gasteiger charge is -2.06. The van der Waals surface area contributed by atoms with Crippen LogP contribution >= 0.6 is 11.6 Å². The summed E-state index contributed by atoms with van der Waals surface area (Å²) in [4.78, 5) is 12.1. The number of halogens is 1. The molecule has 3 rings (SSSR count). The van der Waals surface area contributed by atoms with Crippen molar-refractivity contribution in [2.24, 2.45) is 0 Å². The topological polar surface area (TPSA) is 70.2 Å². The molecule has 0 saturated carbocycles. The monoisotopic (exact) mass is 399 g/mol. The summed E-state index contributed by atoms with van der Waals surface area (Å²) in [5, 5.41) is 9.12. The molecule has 7 heteroatoms. The molecule has 0 spiro atoms. The number of hydrogen-bond donors (Lipinski definition) is 0. The second kappa shape index (κ2) is 8.44. The Balaban J connectivity index is 1.69. The van der Waals surface area contributed by atoms with Gasteiger partial charge >= 0.3 is 5.97 Å². The summed E-state index contributed by atoms with van der Waals surface area (Å²) in [6.07, 6.45) is 3.14. The maximum Gasteiger partial charge on any atom is 0.331 e. The number of aryl methyl sites for hydroxylation is 3. The molecular formula is C21H22ClN3O3. The third kappa shape index (κ3) is 4.34. The Hall–Kier alpha value is -2.86. The third-order valence-corrected chi connectivity index (χ3v) is 5.01. The van der Waals surface area contributed by atoms with E-state index in [9.17, 15) is 4.79 Å². The fourth-order valence-electron chi connectivity index (χ4n) is 2.94. The first-order chi connectivity index (χ1) is 13.4. The van der Waals surface area contributed by atoms with Crippen LogP contribution in [0.4, 0.5) is 0 Å². The van der Waals surface area contributed by atoms with Gasteiger partial charge in [-0.1, -0.05) is 35.0 Å². The minimum absolute atomic E-state index is 0.133. The molecule has 0 N–H and O–H groups in total. The molecule has 2 aromatic heterocycles. The van der Waals surface area contributed by atoms with Crippen molar-refractivity contribution in [2.45, 2.75) is 40.8 Å². The minimum atomic E-state index is -0.433. The standard InChI is InChI=1S/C21H22ClN3O3/c1-13-18(9-10-21(26)27-12-19-14(2)24-28-16(19)4)15(3)25(23-13)11-17-7-5-6-8-20(17)22/h5-10H,11-12H2,1-4H3/b10-9+. The molecule has 28 heavy (non-hydrogen) atoms. The van der Waals surface area contributed by atoms with Gasteiger partial charge in [0.15, 0.2) is 0 Å². The number of rotatable bonds is 6. The van der Waals surface area contributed by atoms with E-state index in [-0.39, 0.29) is 6.61 Å². The molecule has 0 saturated heterocycles. The molecule has 0 aliphatic rings. The predicted octanol–water partition coefficient (Wildman–Crippen LogP) is 4.56. The Morgan fingerprint density at radius 1 is 1.21 bits per heavy atom. The second-order valence-corrected chi connectivity index (χ2v) is 6.98. The SMILES string of the molecule is Cc1nn(Cc2ccccc2Cl)c(C)c1/C=C/C(=O)OCc1c(C)noc1C. The second-order valence-electron chi connectivity index (χ2n) is 6.58. The van der Waals surface area contributed by atoms with Gasteiger partial charge in [-0.3, -0.25) is 4.68 Å². The van der Waals surface area contributed by atoms with E-state index in [0.29, 0.717) is 17.3 Å². The molecule has 0 aliphatic carbocycles. The highest BCUT2D eigenvalue weighted by Gasteiger charge is 2.13. The Bertz CT molecular complexity index is 1010. The summed E-state index contributed by atoms with van der Waals surface area (Å²) in [5.41, 5.74) is 5.18. The molecule has 146 valence electrons. The number of benzene rings is 1. The maximum atomic E-state index is 12.1. The number of hydrogen-bond acceptors (Lipinski definition) is 5. The van der Waals surface area contributed by atoms with Crippen LogP contribution in [-0.2, 0) is 22.7 Å². The lowest BCUT2D eigenvalue weighted by Crippen LogP contribution is -2.04. The fraction of sp³-hybridized carbons (Fsp3) is 0.286. The summed E-state index contributed by atoms with van der Waals surface area (Å²) in [6.45, 7) is 8.18. The van der Waals surface area contributed by atoms with Crippen LogP contribution < -0.4 is 0 Å². The molecule has 2 heterocycles. The Morgan fingerprint density at radius 3 is 2.64 bits per heavy atom. The summed E-state index contributed by atoms with van der Waals surface area (Å²) in [5.74, 6) is 0.222. The zero-order chi connectivity index (χ0) is 20.3. The lowest BCUT2D eigenvalue weighted by atomic mass is 10.1. The lowest BCUT2D eigenvalue weighted by molar-refractivity contribution is -0.138. The quantitative estimate of drug-likeness (QED) is 0.448. The van der Waals surface area contributed by atoms with Crippen molar-refractivity contribution in [3.05, 3.63) is 74.9 Å². The van der Waals surface area contributed by atoms with Crippen molar-refractivity contribution >= 4 is 23.6 Å². The van der Waals surface area contributed by atoms with Crippen LogP contribution in [0.1, 0.15) is 39.5 Å². The highest BCUT2D eigenvalue weighted by atomic mass is 35.5. The summed E-state index contributed by atoms with van der Waals surface area (Å²) in [7, 11) is 0. The van der Waals surface area contributed by atoms with E-state index in [2.05, 4.69) is 10.3 Å². The van der Waals surface area contributed by atoms with Crippen LogP contribution in [0.2, 0.25) is 5.02 Å². The van der Waals surface area contributed by atoms with Crippen molar-refractivity contribution < 1.29 is 14.1 Å². The van der Waals surface area contributed by atoms with Gasteiger partial charge in [-0.25, -0.2) is 4.79 Å². The van der Waals surface area contributed by atoms with Crippen molar-refractivity contribution in [3.8, 4) is 0 Å². The Labute approximate surface area is 168 Å². The fourth-order valence-corrected chi connectivity index (χ4v) is 3.14. The van der Waals surface area contributed by atoms with Crippen molar-refractivity contribution in [3.63, 3.8) is 0 Å². The Kier molecular flexibility index (Phi) is 5.99. The van der Waals surface area contributed by atoms with E-state index in [1.165, 1.54) is 6.08 Å². The molecule has 0 fully saturated rings. The zero-order valence-corrected chi connectivity index (χ0v) is 17.1. The van der Waals surface area contributed by atoms with Crippen LogP contribution in [0.25, 0.3) is 6.08 Å². The number of ether oxygens (including phenoxy) is 1. The van der Waals surface area contributed by atoms with Gasteiger partial charge < -0.3 is 9.26 Å². The van der Waals surface area contributed by atoms with E-state index in [0.717, 1.165) is 33.8 Å². The first-order valence-electron chi connectivity index (χ1n) is 8.90. The van der Waals surface area contributed by atoms with Crippen molar-refractivity contribution in [1.82, 2.24) is 14.9 Å². The first kappa shape index (κ1) is 19.9. The van der Waals surface area contributed by atoms with Crippen LogP contribution in [0.5, 0.6) is 0 Å². The smallest absolute Gasteiger partial charge is 0.331 e. The number of carbonyl (C=O) groups is 1. The van der Waals surface area contributed by atoms with Crippen LogP contribution in [-0.4, -0.2) is 20.9 Å². The molecule has 0 atom stereocenters. The molecule has 1 aromatic carbocycles. The highest BCUT2D eigenvalue weighted by Crippen LogP contribution is 2.20. The van der Waals surface area contributed by atoms with E-state index < -0.39 is 5.97 Å². The number of nitrogens with zero attached hydrogens (tertiary/aromatic N) is 3. The van der Waals surface area contributed by atoms with Crippen LogP contribution in [0.15, 0.2) is 34.9 Å².